The maximum absolute atomic E-state index is 14.2. The number of carbonyl (C=O) groups is 4. The molecule has 4 unspecified atom stereocenters. The average Bonchev–Trinajstić information content (AvgIpc) is 2.42. The molecule has 0 aromatic carbocycles. The van der Waals surface area contributed by atoms with Crippen LogP contribution >= 0.6 is 0 Å². The Kier molecular flexibility index (Phi) is 7.08. The first-order valence-electron chi connectivity index (χ1n) is 7.06. The first-order valence-corrected chi connectivity index (χ1v) is 7.06. The maximum Gasteiger partial charge on any atom is 0.303 e. The van der Waals surface area contributed by atoms with E-state index in [0.29, 0.717) is 0 Å². The van der Waals surface area contributed by atoms with E-state index in [1.807, 2.05) is 0 Å². The molecule has 0 saturated carbocycles. The van der Waals surface area contributed by atoms with Crippen LogP contribution in [-0.4, -0.2) is 61.3 Å². The Labute approximate surface area is 137 Å². The zero-order chi connectivity index (χ0) is 18.4. The molecule has 1 saturated heterocycles. The molecule has 0 aromatic heterocycles. The van der Waals surface area contributed by atoms with Gasteiger partial charge in [0.2, 0.25) is 6.36 Å². The number of alkyl halides is 1. The summed E-state index contributed by atoms with van der Waals surface area (Å²) in [4.78, 5) is 44.7. The zero-order valence-electron chi connectivity index (χ0n) is 13.6. The Balaban J connectivity index is 3.11. The first-order chi connectivity index (χ1) is 11.1. The van der Waals surface area contributed by atoms with Gasteiger partial charge in [-0.3, -0.25) is 19.2 Å². The molecule has 9 nitrogen and oxygen atoms in total. The molecule has 0 aliphatic carbocycles. The van der Waals surface area contributed by atoms with Crippen LogP contribution in [0.3, 0.4) is 0 Å². The minimum absolute atomic E-state index is 0.446. The fourth-order valence-corrected chi connectivity index (χ4v) is 2.18. The fraction of sp³-hybridized carbons (Fsp3) is 0.714. The first kappa shape index (κ1) is 19.8. The van der Waals surface area contributed by atoms with Gasteiger partial charge in [-0.15, -0.1) is 0 Å². The number of ether oxygens (including phenoxy) is 5. The van der Waals surface area contributed by atoms with Crippen LogP contribution in [0.25, 0.3) is 0 Å². The number of rotatable bonds is 5. The second kappa shape index (κ2) is 8.57. The molecule has 0 radical (unpaired) electrons. The van der Waals surface area contributed by atoms with Crippen LogP contribution in [0.5, 0.6) is 0 Å². The lowest BCUT2D eigenvalue weighted by Crippen LogP contribution is -2.61. The number of hydrogen-bond acceptors (Lipinski definition) is 9. The SMILES string of the molecule is CC(=O)OCC1OC(F)C(OC(C)=O)C(OC(C)=O)[C@@H]1OC(C)=O. The van der Waals surface area contributed by atoms with E-state index in [-0.39, 0.29) is 0 Å². The smallest absolute Gasteiger partial charge is 0.303 e. The van der Waals surface area contributed by atoms with Gasteiger partial charge in [-0.25, -0.2) is 4.39 Å². The van der Waals surface area contributed by atoms with Gasteiger partial charge in [-0.1, -0.05) is 0 Å². The molecule has 0 amide bonds. The van der Waals surface area contributed by atoms with Crippen LogP contribution < -0.4 is 0 Å². The van der Waals surface area contributed by atoms with Gasteiger partial charge in [0.05, 0.1) is 0 Å². The summed E-state index contributed by atoms with van der Waals surface area (Å²) >= 11 is 0. The van der Waals surface area contributed by atoms with Gasteiger partial charge in [0, 0.05) is 27.7 Å². The van der Waals surface area contributed by atoms with Crippen molar-refractivity contribution < 1.29 is 47.3 Å². The Morgan fingerprint density at radius 2 is 1.25 bits per heavy atom. The molecule has 1 fully saturated rings. The maximum atomic E-state index is 14.2. The summed E-state index contributed by atoms with van der Waals surface area (Å²) in [5.41, 5.74) is 0. The highest BCUT2D eigenvalue weighted by molar-refractivity contribution is 5.68. The van der Waals surface area contributed by atoms with E-state index in [9.17, 15) is 23.6 Å². The van der Waals surface area contributed by atoms with E-state index in [0.717, 1.165) is 27.7 Å². The molecule has 1 aliphatic rings. The summed E-state index contributed by atoms with van der Waals surface area (Å²) in [5.74, 6) is -3.09. The predicted molar refractivity (Wildman–Crippen MR) is 73.1 cm³/mol. The molecule has 0 N–H and O–H groups in total. The van der Waals surface area contributed by atoms with Crippen molar-refractivity contribution in [1.82, 2.24) is 0 Å². The van der Waals surface area contributed by atoms with Gasteiger partial charge in [-0.05, 0) is 0 Å². The van der Waals surface area contributed by atoms with Crippen LogP contribution in [0, 0.1) is 0 Å². The Bertz CT molecular complexity index is 506. The van der Waals surface area contributed by atoms with Crippen molar-refractivity contribution in [2.75, 3.05) is 6.61 Å². The summed E-state index contributed by atoms with van der Waals surface area (Å²) < 4.78 is 38.7. The van der Waals surface area contributed by atoms with E-state index in [4.69, 9.17) is 23.7 Å². The monoisotopic (exact) mass is 350 g/mol. The van der Waals surface area contributed by atoms with Crippen LogP contribution in [0.1, 0.15) is 27.7 Å². The van der Waals surface area contributed by atoms with Gasteiger partial charge in [-0.2, -0.15) is 0 Å². The minimum Gasteiger partial charge on any atom is -0.463 e. The third-order valence-corrected chi connectivity index (χ3v) is 2.93. The Hall–Kier alpha value is -2.23. The molecule has 0 spiro atoms. The average molecular weight is 350 g/mol. The minimum atomic E-state index is -2.18. The van der Waals surface area contributed by atoms with Gasteiger partial charge in [0.25, 0.3) is 0 Å². The molecule has 24 heavy (non-hydrogen) atoms. The van der Waals surface area contributed by atoms with Crippen molar-refractivity contribution in [2.45, 2.75) is 58.5 Å². The standard InChI is InChI=1S/C14H19FO9/c1-6(16)20-5-10-11(21-7(2)17)12(22-8(3)18)13(14(15)24-10)23-9(4)19/h10-14H,5H2,1-4H3/t10?,11-,12?,13?,14?/m1/s1. The van der Waals surface area contributed by atoms with Gasteiger partial charge in [0.15, 0.2) is 18.3 Å². The van der Waals surface area contributed by atoms with Crippen LogP contribution in [0.2, 0.25) is 0 Å². The van der Waals surface area contributed by atoms with Gasteiger partial charge in [0.1, 0.15) is 12.7 Å². The second-order valence-electron chi connectivity index (χ2n) is 5.05. The van der Waals surface area contributed by atoms with Crippen molar-refractivity contribution >= 4 is 23.9 Å². The number of halogens is 1. The molecule has 136 valence electrons. The van der Waals surface area contributed by atoms with Gasteiger partial charge >= 0.3 is 23.9 Å². The lowest BCUT2D eigenvalue weighted by molar-refractivity contribution is -0.277. The molecule has 1 heterocycles. The van der Waals surface area contributed by atoms with Crippen molar-refractivity contribution in [1.29, 1.82) is 0 Å². The van der Waals surface area contributed by atoms with Crippen LogP contribution in [0.15, 0.2) is 0 Å². The van der Waals surface area contributed by atoms with E-state index in [1.54, 1.807) is 0 Å². The van der Waals surface area contributed by atoms with E-state index in [2.05, 4.69) is 0 Å². The molecule has 0 bridgehead atoms. The molecule has 0 aromatic rings. The van der Waals surface area contributed by atoms with Crippen LogP contribution in [0.4, 0.5) is 4.39 Å². The predicted octanol–water partition coefficient (Wildman–Crippen LogP) is 0.0390. The summed E-state index contributed by atoms with van der Waals surface area (Å²) in [7, 11) is 0. The molecular formula is C14H19FO9. The zero-order valence-corrected chi connectivity index (χ0v) is 13.6. The molecule has 1 aliphatic heterocycles. The highest BCUT2D eigenvalue weighted by Gasteiger charge is 2.52. The van der Waals surface area contributed by atoms with Crippen molar-refractivity contribution in [3.8, 4) is 0 Å². The summed E-state index contributed by atoms with van der Waals surface area (Å²) in [6.45, 7) is 3.85. The van der Waals surface area contributed by atoms with E-state index < -0.39 is 61.3 Å². The largest absolute Gasteiger partial charge is 0.463 e. The molecular weight excluding hydrogens is 331 g/mol. The second-order valence-corrected chi connectivity index (χ2v) is 5.05. The van der Waals surface area contributed by atoms with Crippen LogP contribution in [-0.2, 0) is 42.9 Å². The Morgan fingerprint density at radius 3 is 1.71 bits per heavy atom. The highest BCUT2D eigenvalue weighted by atomic mass is 19.1. The number of hydrogen-bond donors (Lipinski definition) is 0. The number of carbonyl (C=O) groups excluding carboxylic acids is 4. The topological polar surface area (TPSA) is 114 Å². The van der Waals surface area contributed by atoms with Crippen molar-refractivity contribution in [2.24, 2.45) is 0 Å². The lowest BCUT2D eigenvalue weighted by Gasteiger charge is -2.41. The van der Waals surface area contributed by atoms with E-state index >= 15 is 0 Å². The van der Waals surface area contributed by atoms with Gasteiger partial charge < -0.3 is 23.7 Å². The third-order valence-electron chi connectivity index (χ3n) is 2.93. The quantitative estimate of drug-likeness (QED) is 0.500. The third kappa shape index (κ3) is 5.76. The van der Waals surface area contributed by atoms with Crippen molar-refractivity contribution in [3.05, 3.63) is 0 Å². The Morgan fingerprint density at radius 1 is 0.792 bits per heavy atom. The summed E-state index contributed by atoms with van der Waals surface area (Å²) in [6, 6.07) is 0. The highest BCUT2D eigenvalue weighted by Crippen LogP contribution is 2.29. The number of esters is 4. The normalized spacial score (nSPS) is 29.3. The van der Waals surface area contributed by atoms with E-state index in [1.165, 1.54) is 0 Å². The summed E-state index contributed by atoms with van der Waals surface area (Å²) in [6.07, 6.45) is -7.85. The fourth-order valence-electron chi connectivity index (χ4n) is 2.18. The lowest BCUT2D eigenvalue weighted by atomic mass is 9.98. The molecule has 5 atom stereocenters. The molecule has 1 rings (SSSR count). The van der Waals surface area contributed by atoms with Crippen molar-refractivity contribution in [3.63, 3.8) is 0 Å². The molecule has 10 heteroatoms. The summed E-state index contributed by atoms with van der Waals surface area (Å²) in [5, 5.41) is 0.